The minimum atomic E-state index is -0.410. The summed E-state index contributed by atoms with van der Waals surface area (Å²) in [6.07, 6.45) is 1.84. The third kappa shape index (κ3) is 5.03. The zero-order chi connectivity index (χ0) is 19.2. The molecule has 2 aromatic rings. The van der Waals surface area contributed by atoms with Gasteiger partial charge in [0, 0.05) is 19.5 Å². The van der Waals surface area contributed by atoms with Crippen LogP contribution in [0.1, 0.15) is 24.3 Å². The van der Waals surface area contributed by atoms with Crippen molar-refractivity contribution in [2.24, 2.45) is 5.92 Å². The molecule has 144 valence electrons. The smallest absolute Gasteiger partial charge is 0.308 e. The number of hydrogen-bond donors (Lipinski definition) is 0. The minimum Gasteiger partial charge on any atom is -0.469 e. The maximum Gasteiger partial charge on any atom is 0.308 e. The molecular weight excluding hydrogens is 368 g/mol. The summed E-state index contributed by atoms with van der Waals surface area (Å²) < 4.78 is 10.9. The number of aryl methyl sites for hydroxylation is 1. The Morgan fingerprint density at radius 3 is 2.67 bits per heavy atom. The Labute approximate surface area is 161 Å². The number of fused-ring (bicyclic) bond motifs is 1. The van der Waals surface area contributed by atoms with Crippen molar-refractivity contribution in [1.29, 1.82) is 0 Å². The molecule has 0 bridgehead atoms. The minimum absolute atomic E-state index is 0.157. The van der Waals surface area contributed by atoms with Gasteiger partial charge in [-0.15, -0.1) is 11.3 Å². The lowest BCUT2D eigenvalue weighted by atomic mass is 9.97. The predicted octanol–water partition coefficient (Wildman–Crippen LogP) is 2.18. The molecule has 1 fully saturated rings. The van der Waals surface area contributed by atoms with Gasteiger partial charge in [0.05, 0.1) is 34.7 Å². The van der Waals surface area contributed by atoms with Gasteiger partial charge in [0.2, 0.25) is 0 Å². The molecule has 8 heteroatoms. The van der Waals surface area contributed by atoms with Crippen LogP contribution in [0.5, 0.6) is 0 Å². The number of benzene rings is 1. The number of carbonyl (C=O) groups excluding carboxylic acids is 3. The molecule has 0 atom stereocenters. The highest BCUT2D eigenvalue weighted by Crippen LogP contribution is 2.22. The quantitative estimate of drug-likeness (QED) is 0.703. The lowest BCUT2D eigenvalue weighted by Gasteiger charge is -2.30. The number of nitrogens with zero attached hydrogens (tertiary/aromatic N) is 2. The number of aromatic nitrogens is 1. The third-order valence-corrected chi connectivity index (χ3v) is 5.72. The van der Waals surface area contributed by atoms with Gasteiger partial charge in [0.1, 0.15) is 0 Å². The van der Waals surface area contributed by atoms with Crippen LogP contribution >= 0.6 is 11.3 Å². The summed E-state index contributed by atoms with van der Waals surface area (Å²) in [6, 6.07) is 7.82. The van der Waals surface area contributed by atoms with Gasteiger partial charge in [-0.1, -0.05) is 12.1 Å². The van der Waals surface area contributed by atoms with E-state index in [4.69, 9.17) is 9.47 Å². The lowest BCUT2D eigenvalue weighted by Crippen LogP contribution is -2.42. The summed E-state index contributed by atoms with van der Waals surface area (Å²) in [4.78, 5) is 41.7. The van der Waals surface area contributed by atoms with Crippen LogP contribution in [0.3, 0.4) is 0 Å². The Morgan fingerprint density at radius 2 is 1.96 bits per heavy atom. The van der Waals surface area contributed by atoms with Gasteiger partial charge in [0.15, 0.2) is 6.61 Å². The molecular formula is C19H22N2O5S. The summed E-state index contributed by atoms with van der Waals surface area (Å²) >= 11 is 1.56. The standard InChI is InChI=1S/C19H22N2O5S/c1-25-19(24)13-8-10-21(11-9-13)17(22)12-26-18(23)7-6-16-20-14-4-2-3-5-15(14)27-16/h2-5,13H,6-12H2,1H3. The van der Waals surface area contributed by atoms with Gasteiger partial charge in [-0.2, -0.15) is 0 Å². The first-order chi connectivity index (χ1) is 13.1. The lowest BCUT2D eigenvalue weighted by molar-refractivity contribution is -0.154. The highest BCUT2D eigenvalue weighted by Gasteiger charge is 2.28. The average Bonchev–Trinajstić information content (AvgIpc) is 3.13. The molecule has 3 rings (SSSR count). The van der Waals surface area contributed by atoms with E-state index in [1.54, 1.807) is 16.2 Å². The molecule has 0 aliphatic carbocycles. The molecule has 0 radical (unpaired) electrons. The Morgan fingerprint density at radius 1 is 1.22 bits per heavy atom. The van der Waals surface area contributed by atoms with Gasteiger partial charge in [0.25, 0.3) is 5.91 Å². The number of likely N-dealkylation sites (tertiary alicyclic amines) is 1. The second-order valence-electron chi connectivity index (χ2n) is 6.41. The van der Waals surface area contributed by atoms with Crippen molar-refractivity contribution in [2.75, 3.05) is 26.8 Å². The number of piperidine rings is 1. The molecule has 0 N–H and O–H groups in total. The van der Waals surface area contributed by atoms with E-state index in [1.165, 1.54) is 7.11 Å². The van der Waals surface area contributed by atoms with Crippen LogP contribution in [-0.4, -0.2) is 54.5 Å². The van der Waals surface area contributed by atoms with Crippen LogP contribution in [0, 0.1) is 5.92 Å². The Balaban J connectivity index is 1.38. The maximum atomic E-state index is 12.2. The summed E-state index contributed by atoms with van der Waals surface area (Å²) in [7, 11) is 1.37. The normalized spacial score (nSPS) is 14.9. The Hall–Kier alpha value is -2.48. The molecule has 0 spiro atoms. The molecule has 1 amide bonds. The van der Waals surface area contributed by atoms with E-state index >= 15 is 0 Å². The number of amides is 1. The zero-order valence-electron chi connectivity index (χ0n) is 15.2. The van der Waals surface area contributed by atoms with E-state index in [-0.39, 0.29) is 30.8 Å². The van der Waals surface area contributed by atoms with E-state index in [9.17, 15) is 14.4 Å². The molecule has 1 aliphatic heterocycles. The number of thiazole rings is 1. The predicted molar refractivity (Wildman–Crippen MR) is 100 cm³/mol. The molecule has 1 aromatic carbocycles. The molecule has 7 nitrogen and oxygen atoms in total. The van der Waals surface area contributed by atoms with Crippen molar-refractivity contribution in [2.45, 2.75) is 25.7 Å². The van der Waals surface area contributed by atoms with E-state index in [1.807, 2.05) is 24.3 Å². The fourth-order valence-corrected chi connectivity index (χ4v) is 4.04. The summed E-state index contributed by atoms with van der Waals surface area (Å²) in [5.41, 5.74) is 0.927. The fraction of sp³-hybridized carbons (Fsp3) is 0.474. The van der Waals surface area contributed by atoms with Crippen LogP contribution in [-0.2, 0) is 30.3 Å². The third-order valence-electron chi connectivity index (χ3n) is 4.62. The first-order valence-corrected chi connectivity index (χ1v) is 9.74. The van der Waals surface area contributed by atoms with Crippen molar-refractivity contribution in [1.82, 2.24) is 9.88 Å². The SMILES string of the molecule is COC(=O)C1CCN(C(=O)COC(=O)CCc2nc3ccccc3s2)CC1. The van der Waals surface area contributed by atoms with Crippen LogP contribution < -0.4 is 0 Å². The van der Waals surface area contributed by atoms with Crippen LogP contribution in [0.2, 0.25) is 0 Å². The fourth-order valence-electron chi connectivity index (χ4n) is 3.07. The topological polar surface area (TPSA) is 85.8 Å². The van der Waals surface area contributed by atoms with Gasteiger partial charge in [-0.25, -0.2) is 4.98 Å². The van der Waals surface area contributed by atoms with Crippen LogP contribution in [0.15, 0.2) is 24.3 Å². The van der Waals surface area contributed by atoms with Crippen LogP contribution in [0.4, 0.5) is 0 Å². The second-order valence-corrected chi connectivity index (χ2v) is 7.53. The average molecular weight is 390 g/mol. The van der Waals surface area contributed by atoms with Crippen molar-refractivity contribution < 1.29 is 23.9 Å². The number of hydrogen-bond acceptors (Lipinski definition) is 7. The van der Waals surface area contributed by atoms with E-state index in [0.29, 0.717) is 32.4 Å². The molecule has 1 aliphatic rings. The summed E-state index contributed by atoms with van der Waals surface area (Å²) in [6.45, 7) is 0.686. The number of para-hydroxylation sites is 1. The number of carbonyl (C=O) groups is 3. The Kier molecular flexibility index (Phi) is 6.39. The van der Waals surface area contributed by atoms with Crippen molar-refractivity contribution in [3.63, 3.8) is 0 Å². The molecule has 0 unspecified atom stereocenters. The number of ether oxygens (including phenoxy) is 2. The van der Waals surface area contributed by atoms with Crippen LogP contribution in [0.25, 0.3) is 10.2 Å². The van der Waals surface area contributed by atoms with E-state index in [0.717, 1.165) is 15.2 Å². The van der Waals surface area contributed by atoms with E-state index < -0.39 is 5.97 Å². The summed E-state index contributed by atoms with van der Waals surface area (Å²) in [5, 5.41) is 0.879. The molecule has 1 saturated heterocycles. The Bertz CT molecular complexity index is 793. The highest BCUT2D eigenvalue weighted by atomic mass is 32.1. The maximum absolute atomic E-state index is 12.2. The van der Waals surface area contributed by atoms with Gasteiger partial charge in [-0.3, -0.25) is 14.4 Å². The number of methoxy groups -OCH3 is 1. The molecule has 0 saturated carbocycles. The molecule has 2 heterocycles. The van der Waals surface area contributed by atoms with Crippen molar-refractivity contribution in [3.8, 4) is 0 Å². The molecule has 1 aromatic heterocycles. The number of esters is 2. The highest BCUT2D eigenvalue weighted by molar-refractivity contribution is 7.18. The van der Waals surface area contributed by atoms with Crippen molar-refractivity contribution in [3.05, 3.63) is 29.3 Å². The van der Waals surface area contributed by atoms with Gasteiger partial charge >= 0.3 is 11.9 Å². The largest absolute Gasteiger partial charge is 0.469 e. The van der Waals surface area contributed by atoms with Gasteiger partial charge in [-0.05, 0) is 25.0 Å². The zero-order valence-corrected chi connectivity index (χ0v) is 16.0. The van der Waals surface area contributed by atoms with Crippen molar-refractivity contribution >= 4 is 39.4 Å². The number of rotatable bonds is 6. The first-order valence-electron chi connectivity index (χ1n) is 8.92. The second kappa shape index (κ2) is 8.94. The molecule has 27 heavy (non-hydrogen) atoms. The van der Waals surface area contributed by atoms with E-state index in [2.05, 4.69) is 4.98 Å². The monoisotopic (exact) mass is 390 g/mol. The first kappa shape index (κ1) is 19.3. The summed E-state index contributed by atoms with van der Waals surface area (Å²) in [5.74, 6) is -1.03. The van der Waals surface area contributed by atoms with Gasteiger partial charge < -0.3 is 14.4 Å².